The molecule has 0 amide bonds. The van der Waals surface area contributed by atoms with E-state index in [4.69, 9.17) is 16.3 Å². The van der Waals surface area contributed by atoms with Crippen LogP contribution < -0.4 is 4.74 Å². The van der Waals surface area contributed by atoms with Gasteiger partial charge in [-0.2, -0.15) is 4.98 Å². The highest BCUT2D eigenvalue weighted by Crippen LogP contribution is 2.25. The maximum absolute atomic E-state index is 11.6. The quantitative estimate of drug-likeness (QED) is 0.671. The van der Waals surface area contributed by atoms with Gasteiger partial charge in [0.15, 0.2) is 15.7 Å². The van der Waals surface area contributed by atoms with Crippen LogP contribution in [0.1, 0.15) is 5.69 Å². The molecule has 1 heterocycles. The lowest BCUT2D eigenvalue weighted by Crippen LogP contribution is -2.05. The number of ether oxygens (including phenoxy) is 1. The number of sulfone groups is 1. The van der Waals surface area contributed by atoms with Gasteiger partial charge in [0.1, 0.15) is 5.75 Å². The molecule has 0 radical (unpaired) electrons. The summed E-state index contributed by atoms with van der Waals surface area (Å²) in [6.45, 7) is 0. The molecule has 25 heavy (non-hydrogen) atoms. The van der Waals surface area contributed by atoms with E-state index in [9.17, 15) is 8.42 Å². The van der Waals surface area contributed by atoms with Gasteiger partial charge in [-0.15, -0.1) is 0 Å². The first-order valence-electron chi connectivity index (χ1n) is 7.43. The minimum Gasteiger partial charge on any atom is -0.439 e. The standard InChI is InChI=1S/C18H15ClN2O3S/c1-25(22,23)12-15-11-17(24-16-9-7-14(19)8-10-16)21-18(20-15)13-5-3-2-4-6-13/h2-11H,12H2,1H3. The first-order valence-corrected chi connectivity index (χ1v) is 9.87. The van der Waals surface area contributed by atoms with Gasteiger partial charge in [-0.05, 0) is 24.3 Å². The fourth-order valence-corrected chi connectivity index (χ4v) is 3.02. The number of hydrogen-bond donors (Lipinski definition) is 0. The minimum atomic E-state index is -3.23. The lowest BCUT2D eigenvalue weighted by molar-refractivity contribution is 0.461. The van der Waals surface area contributed by atoms with Crippen LogP contribution in [0.4, 0.5) is 0 Å². The Morgan fingerprint density at radius 2 is 1.68 bits per heavy atom. The summed E-state index contributed by atoms with van der Waals surface area (Å²) in [6.07, 6.45) is 1.16. The highest BCUT2D eigenvalue weighted by atomic mass is 35.5. The van der Waals surface area contributed by atoms with Crippen molar-refractivity contribution >= 4 is 21.4 Å². The lowest BCUT2D eigenvalue weighted by Gasteiger charge is -2.09. The molecule has 128 valence electrons. The van der Waals surface area contributed by atoms with Gasteiger partial charge in [-0.25, -0.2) is 13.4 Å². The second-order valence-corrected chi connectivity index (χ2v) is 8.09. The third-order valence-electron chi connectivity index (χ3n) is 3.23. The summed E-state index contributed by atoms with van der Waals surface area (Å²) in [5, 5.41) is 0.595. The summed E-state index contributed by atoms with van der Waals surface area (Å²) >= 11 is 5.87. The molecule has 0 N–H and O–H groups in total. The van der Waals surface area contributed by atoms with Crippen LogP contribution in [0.15, 0.2) is 60.7 Å². The van der Waals surface area contributed by atoms with E-state index in [2.05, 4.69) is 9.97 Å². The molecule has 0 aliphatic rings. The fourth-order valence-electron chi connectivity index (χ4n) is 2.21. The Morgan fingerprint density at radius 1 is 1.00 bits per heavy atom. The van der Waals surface area contributed by atoms with Crippen LogP contribution in [0.2, 0.25) is 5.02 Å². The number of nitrogens with zero attached hydrogens (tertiary/aromatic N) is 2. The van der Waals surface area contributed by atoms with Crippen molar-refractivity contribution in [3.63, 3.8) is 0 Å². The maximum Gasteiger partial charge on any atom is 0.223 e. The third-order valence-corrected chi connectivity index (χ3v) is 4.31. The highest BCUT2D eigenvalue weighted by Gasteiger charge is 2.12. The maximum atomic E-state index is 11.6. The second kappa shape index (κ2) is 7.21. The van der Waals surface area contributed by atoms with E-state index in [-0.39, 0.29) is 11.6 Å². The van der Waals surface area contributed by atoms with E-state index in [1.54, 1.807) is 24.3 Å². The van der Waals surface area contributed by atoms with Gasteiger partial charge in [0.2, 0.25) is 5.88 Å². The third kappa shape index (κ3) is 5.01. The molecule has 5 nitrogen and oxygen atoms in total. The van der Waals surface area contributed by atoms with Crippen LogP contribution in [0.5, 0.6) is 11.6 Å². The zero-order valence-electron chi connectivity index (χ0n) is 13.4. The largest absolute Gasteiger partial charge is 0.439 e. The van der Waals surface area contributed by atoms with Gasteiger partial charge >= 0.3 is 0 Å². The molecule has 0 fully saturated rings. The molecule has 0 unspecified atom stereocenters. The molecule has 3 aromatic rings. The average Bonchev–Trinajstić information content (AvgIpc) is 2.56. The van der Waals surface area contributed by atoms with Crippen molar-refractivity contribution in [2.24, 2.45) is 0 Å². The van der Waals surface area contributed by atoms with Crippen LogP contribution in [0.25, 0.3) is 11.4 Å². The van der Waals surface area contributed by atoms with Gasteiger partial charge in [0, 0.05) is 22.9 Å². The van der Waals surface area contributed by atoms with Crippen LogP contribution in [-0.2, 0) is 15.6 Å². The van der Waals surface area contributed by atoms with Gasteiger partial charge in [-0.1, -0.05) is 41.9 Å². The molecular weight excluding hydrogens is 360 g/mol. The monoisotopic (exact) mass is 374 g/mol. The first-order chi connectivity index (χ1) is 11.9. The predicted octanol–water partition coefficient (Wildman–Crippen LogP) is 4.13. The summed E-state index contributed by atoms with van der Waals surface area (Å²) in [5.74, 6) is 1.04. The van der Waals surface area contributed by atoms with Crippen molar-refractivity contribution in [1.29, 1.82) is 0 Å². The summed E-state index contributed by atoms with van der Waals surface area (Å²) in [7, 11) is -3.23. The molecule has 3 rings (SSSR count). The van der Waals surface area contributed by atoms with E-state index in [0.717, 1.165) is 11.8 Å². The van der Waals surface area contributed by atoms with Gasteiger partial charge in [0.25, 0.3) is 0 Å². The smallest absolute Gasteiger partial charge is 0.223 e. The average molecular weight is 375 g/mol. The number of benzene rings is 2. The summed E-state index contributed by atoms with van der Waals surface area (Å²) < 4.78 is 29.0. The predicted molar refractivity (Wildman–Crippen MR) is 97.5 cm³/mol. The molecule has 0 saturated heterocycles. The molecule has 0 aliphatic heterocycles. The van der Waals surface area contributed by atoms with Crippen molar-refractivity contribution in [3.8, 4) is 23.0 Å². The SMILES string of the molecule is CS(=O)(=O)Cc1cc(Oc2ccc(Cl)cc2)nc(-c2ccccc2)n1. The molecule has 0 bridgehead atoms. The molecule has 2 aromatic carbocycles. The van der Waals surface area contributed by atoms with Crippen molar-refractivity contribution in [3.05, 3.63) is 71.4 Å². The normalized spacial score (nSPS) is 11.3. The van der Waals surface area contributed by atoms with Crippen molar-refractivity contribution < 1.29 is 13.2 Å². The highest BCUT2D eigenvalue weighted by molar-refractivity contribution is 7.89. The van der Waals surface area contributed by atoms with Gasteiger partial charge in [-0.3, -0.25) is 0 Å². The Balaban J connectivity index is 2.01. The number of hydrogen-bond acceptors (Lipinski definition) is 5. The zero-order valence-corrected chi connectivity index (χ0v) is 15.0. The van der Waals surface area contributed by atoms with Gasteiger partial charge < -0.3 is 4.74 Å². The van der Waals surface area contributed by atoms with Crippen LogP contribution >= 0.6 is 11.6 Å². The second-order valence-electron chi connectivity index (χ2n) is 5.51. The molecule has 0 atom stereocenters. The lowest BCUT2D eigenvalue weighted by atomic mass is 10.2. The Hall–Kier alpha value is -2.44. The van der Waals surface area contributed by atoms with E-state index in [0.29, 0.717) is 22.3 Å². The molecule has 1 aromatic heterocycles. The Kier molecular flexibility index (Phi) is 5.01. The van der Waals surface area contributed by atoms with Crippen LogP contribution in [-0.4, -0.2) is 24.6 Å². The zero-order chi connectivity index (χ0) is 17.9. The molecule has 0 saturated carbocycles. The number of rotatable bonds is 5. The van der Waals surface area contributed by atoms with E-state index in [1.165, 1.54) is 6.07 Å². The van der Waals surface area contributed by atoms with Crippen LogP contribution in [0.3, 0.4) is 0 Å². The summed E-state index contributed by atoms with van der Waals surface area (Å²) in [4.78, 5) is 8.74. The Bertz CT molecular complexity index is 975. The summed E-state index contributed by atoms with van der Waals surface area (Å²) in [5.41, 5.74) is 1.15. The van der Waals surface area contributed by atoms with Crippen LogP contribution in [0, 0.1) is 0 Å². The first kappa shape index (κ1) is 17.4. The number of halogens is 1. The van der Waals surface area contributed by atoms with E-state index >= 15 is 0 Å². The Morgan fingerprint density at radius 3 is 2.32 bits per heavy atom. The molecule has 7 heteroatoms. The topological polar surface area (TPSA) is 69.2 Å². The van der Waals surface area contributed by atoms with Crippen molar-refractivity contribution in [2.75, 3.05) is 6.26 Å². The van der Waals surface area contributed by atoms with E-state index in [1.807, 2.05) is 30.3 Å². The fraction of sp³-hybridized carbons (Fsp3) is 0.111. The van der Waals surface area contributed by atoms with Gasteiger partial charge in [0.05, 0.1) is 11.4 Å². The molecule has 0 spiro atoms. The summed E-state index contributed by atoms with van der Waals surface area (Å²) in [6, 6.07) is 17.7. The Labute approximate surface area is 151 Å². The molecular formula is C18H15ClN2O3S. The van der Waals surface area contributed by atoms with E-state index < -0.39 is 9.84 Å². The number of aromatic nitrogens is 2. The molecule has 0 aliphatic carbocycles. The minimum absolute atomic E-state index is 0.188. The van der Waals surface area contributed by atoms with Crippen molar-refractivity contribution in [1.82, 2.24) is 9.97 Å². The van der Waals surface area contributed by atoms with Crippen molar-refractivity contribution in [2.45, 2.75) is 5.75 Å².